The molecular weight excluding hydrogens is 313 g/mol. The Hall–Kier alpha value is -1.12. The van der Waals surface area contributed by atoms with Gasteiger partial charge in [0.05, 0.1) is 5.69 Å². The van der Waals surface area contributed by atoms with Gasteiger partial charge in [-0.25, -0.2) is 4.39 Å². The van der Waals surface area contributed by atoms with Crippen molar-refractivity contribution in [2.45, 2.75) is 17.7 Å². The number of nitrogens with zero attached hydrogens (tertiary/aromatic N) is 2. The van der Waals surface area contributed by atoms with E-state index in [9.17, 15) is 12.8 Å². The molecule has 2 aliphatic rings. The molecular formula is C13H16FN3O2S2. The fraction of sp³-hybridized carbons (Fsp3) is 0.462. The number of halogens is 1. The van der Waals surface area contributed by atoms with Crippen LogP contribution in [-0.2, 0) is 10.0 Å². The number of thioether (sulfide) groups is 1. The van der Waals surface area contributed by atoms with Crippen molar-refractivity contribution in [3.05, 3.63) is 24.0 Å². The van der Waals surface area contributed by atoms with Gasteiger partial charge in [-0.1, -0.05) is 11.8 Å². The number of hydrogen-bond donors (Lipinski definition) is 1. The van der Waals surface area contributed by atoms with E-state index in [2.05, 4.69) is 14.6 Å². The van der Waals surface area contributed by atoms with E-state index in [4.69, 9.17) is 0 Å². The van der Waals surface area contributed by atoms with Crippen LogP contribution in [0.1, 0.15) is 12.8 Å². The van der Waals surface area contributed by atoms with Crippen molar-refractivity contribution in [3.63, 3.8) is 0 Å². The minimum atomic E-state index is -3.81. The van der Waals surface area contributed by atoms with Crippen molar-refractivity contribution in [1.29, 1.82) is 0 Å². The first-order valence-corrected chi connectivity index (χ1v) is 9.24. The van der Waals surface area contributed by atoms with E-state index in [0.29, 0.717) is 10.9 Å². The Morgan fingerprint density at radius 2 is 2.10 bits per heavy atom. The molecule has 5 nitrogen and oxygen atoms in total. The SMILES string of the molecule is O=S1(=O)N=C(SCCN2CCCC2)Nc2ccc(F)cc21. The molecule has 1 aromatic carbocycles. The predicted molar refractivity (Wildman–Crippen MR) is 82.8 cm³/mol. The molecule has 0 spiro atoms. The second kappa shape index (κ2) is 5.94. The maximum atomic E-state index is 13.2. The quantitative estimate of drug-likeness (QED) is 0.920. The molecule has 2 aliphatic heterocycles. The maximum Gasteiger partial charge on any atom is 0.286 e. The number of amidine groups is 1. The van der Waals surface area contributed by atoms with Crippen molar-refractivity contribution in [1.82, 2.24) is 4.90 Å². The fourth-order valence-electron chi connectivity index (χ4n) is 2.45. The molecule has 1 fully saturated rings. The zero-order chi connectivity index (χ0) is 14.9. The van der Waals surface area contributed by atoms with Crippen molar-refractivity contribution in [2.75, 3.05) is 30.7 Å². The van der Waals surface area contributed by atoms with Gasteiger partial charge >= 0.3 is 0 Å². The number of sulfonamides is 1. The second-order valence-electron chi connectivity index (χ2n) is 5.03. The number of anilines is 1. The van der Waals surface area contributed by atoms with Crippen LogP contribution in [-0.4, -0.2) is 43.9 Å². The number of benzene rings is 1. The van der Waals surface area contributed by atoms with Crippen LogP contribution in [0.2, 0.25) is 0 Å². The molecule has 1 saturated heterocycles. The third-order valence-electron chi connectivity index (χ3n) is 3.51. The molecule has 0 saturated carbocycles. The highest BCUT2D eigenvalue weighted by Crippen LogP contribution is 2.30. The summed E-state index contributed by atoms with van der Waals surface area (Å²) >= 11 is 1.38. The molecule has 0 unspecified atom stereocenters. The molecule has 0 bridgehead atoms. The van der Waals surface area contributed by atoms with Gasteiger partial charge in [-0.05, 0) is 44.1 Å². The molecule has 1 aromatic rings. The number of nitrogens with one attached hydrogen (secondary N) is 1. The molecule has 0 amide bonds. The van der Waals surface area contributed by atoms with Crippen LogP contribution in [0.25, 0.3) is 0 Å². The van der Waals surface area contributed by atoms with Crippen molar-refractivity contribution in [3.8, 4) is 0 Å². The first-order valence-electron chi connectivity index (χ1n) is 6.81. The summed E-state index contributed by atoms with van der Waals surface area (Å²) in [7, 11) is -3.81. The summed E-state index contributed by atoms with van der Waals surface area (Å²) in [5, 5.41) is 3.31. The minimum absolute atomic E-state index is 0.105. The van der Waals surface area contributed by atoms with Gasteiger partial charge in [-0.15, -0.1) is 4.40 Å². The Morgan fingerprint density at radius 3 is 2.86 bits per heavy atom. The largest absolute Gasteiger partial charge is 0.333 e. The maximum absolute atomic E-state index is 13.2. The Morgan fingerprint density at radius 1 is 1.33 bits per heavy atom. The van der Waals surface area contributed by atoms with Gasteiger partial charge in [0.1, 0.15) is 10.7 Å². The second-order valence-corrected chi connectivity index (χ2v) is 7.69. The van der Waals surface area contributed by atoms with E-state index in [1.807, 2.05) is 0 Å². The number of likely N-dealkylation sites (tertiary alicyclic amines) is 1. The molecule has 0 radical (unpaired) electrons. The first kappa shape index (κ1) is 14.8. The molecule has 0 aliphatic carbocycles. The summed E-state index contributed by atoms with van der Waals surface area (Å²) in [6.45, 7) is 3.14. The highest BCUT2D eigenvalue weighted by Gasteiger charge is 2.25. The first-order chi connectivity index (χ1) is 10.0. The van der Waals surface area contributed by atoms with Gasteiger partial charge in [-0.3, -0.25) is 0 Å². The smallest absolute Gasteiger partial charge is 0.286 e. The van der Waals surface area contributed by atoms with Gasteiger partial charge in [0.15, 0.2) is 5.17 Å². The van der Waals surface area contributed by atoms with Crippen LogP contribution in [0.15, 0.2) is 27.5 Å². The molecule has 3 rings (SSSR count). The predicted octanol–water partition coefficient (Wildman–Crippen LogP) is 2.12. The Labute approximate surface area is 127 Å². The minimum Gasteiger partial charge on any atom is -0.333 e. The number of hydrogen-bond acceptors (Lipinski definition) is 5. The van der Waals surface area contributed by atoms with E-state index < -0.39 is 15.8 Å². The van der Waals surface area contributed by atoms with Gasteiger partial charge < -0.3 is 10.2 Å². The molecule has 2 heterocycles. The number of fused-ring (bicyclic) bond motifs is 1. The topological polar surface area (TPSA) is 61.8 Å². The van der Waals surface area contributed by atoms with Gasteiger partial charge in [0, 0.05) is 12.3 Å². The third kappa shape index (κ3) is 3.38. The Bertz CT molecular complexity index is 670. The molecule has 1 N–H and O–H groups in total. The lowest BCUT2D eigenvalue weighted by atomic mass is 10.3. The Kier molecular flexibility index (Phi) is 4.19. The van der Waals surface area contributed by atoms with Crippen LogP contribution in [0.4, 0.5) is 10.1 Å². The standard InChI is InChI=1S/C13H16FN3O2S2/c14-10-3-4-11-12(9-10)21(18,19)16-13(15-11)20-8-7-17-5-1-2-6-17/h3-4,9H,1-2,5-8H2,(H,15,16). The summed E-state index contributed by atoms with van der Waals surface area (Å²) in [4.78, 5) is 2.25. The van der Waals surface area contributed by atoms with Gasteiger partial charge in [-0.2, -0.15) is 8.42 Å². The van der Waals surface area contributed by atoms with Crippen molar-refractivity contribution >= 4 is 32.6 Å². The fourth-order valence-corrected chi connectivity index (χ4v) is 4.70. The van der Waals surface area contributed by atoms with Crippen LogP contribution < -0.4 is 5.32 Å². The highest BCUT2D eigenvalue weighted by atomic mass is 32.2. The van der Waals surface area contributed by atoms with Gasteiger partial charge in [0.25, 0.3) is 10.0 Å². The summed E-state index contributed by atoms with van der Waals surface area (Å²) in [5.74, 6) is 0.192. The van der Waals surface area contributed by atoms with E-state index >= 15 is 0 Å². The summed E-state index contributed by atoms with van der Waals surface area (Å²) < 4.78 is 40.9. The number of rotatable bonds is 3. The van der Waals surface area contributed by atoms with Crippen LogP contribution in [0.5, 0.6) is 0 Å². The lowest BCUT2D eigenvalue weighted by Gasteiger charge is -2.19. The molecule has 0 atom stereocenters. The summed E-state index contributed by atoms with van der Waals surface area (Å²) in [6.07, 6.45) is 2.47. The normalized spacial score (nSPS) is 20.7. The molecule has 21 heavy (non-hydrogen) atoms. The zero-order valence-corrected chi connectivity index (χ0v) is 13.0. The highest BCUT2D eigenvalue weighted by molar-refractivity contribution is 8.14. The van der Waals surface area contributed by atoms with Crippen molar-refractivity contribution < 1.29 is 12.8 Å². The zero-order valence-electron chi connectivity index (χ0n) is 11.4. The summed E-state index contributed by atoms with van der Waals surface area (Å²) in [5.41, 5.74) is 0.384. The van der Waals surface area contributed by atoms with Crippen LogP contribution >= 0.6 is 11.8 Å². The van der Waals surface area contributed by atoms with E-state index in [-0.39, 0.29) is 4.90 Å². The van der Waals surface area contributed by atoms with E-state index in [0.717, 1.165) is 31.5 Å². The van der Waals surface area contributed by atoms with Crippen LogP contribution in [0.3, 0.4) is 0 Å². The average Bonchev–Trinajstić information content (AvgIpc) is 2.92. The molecule has 8 heteroatoms. The lowest BCUT2D eigenvalue weighted by Crippen LogP contribution is -2.24. The third-order valence-corrected chi connectivity index (χ3v) is 5.80. The summed E-state index contributed by atoms with van der Waals surface area (Å²) in [6, 6.07) is 3.66. The molecule has 0 aromatic heterocycles. The lowest BCUT2D eigenvalue weighted by molar-refractivity contribution is 0.362. The molecule has 114 valence electrons. The average molecular weight is 329 g/mol. The Balaban J connectivity index is 1.68. The van der Waals surface area contributed by atoms with Crippen molar-refractivity contribution in [2.24, 2.45) is 4.40 Å². The monoisotopic (exact) mass is 329 g/mol. The van der Waals surface area contributed by atoms with E-state index in [1.165, 1.54) is 36.7 Å². The van der Waals surface area contributed by atoms with Crippen LogP contribution in [0, 0.1) is 5.82 Å². The van der Waals surface area contributed by atoms with E-state index in [1.54, 1.807) is 0 Å². The van der Waals surface area contributed by atoms with Gasteiger partial charge in [0.2, 0.25) is 0 Å².